The molecule has 3 heterocycles. The van der Waals surface area contributed by atoms with Gasteiger partial charge in [-0.15, -0.1) is 5.10 Å². The van der Waals surface area contributed by atoms with Gasteiger partial charge in [-0.1, -0.05) is 18.2 Å². The number of hydrogen-bond acceptors (Lipinski definition) is 7. The van der Waals surface area contributed by atoms with Crippen molar-refractivity contribution in [3.8, 4) is 11.9 Å². The molecule has 28 heavy (non-hydrogen) atoms. The van der Waals surface area contributed by atoms with Crippen LogP contribution in [0.5, 0.6) is 5.88 Å². The minimum atomic E-state index is -1.54. The molecule has 1 atom stereocenters. The number of rotatable bonds is 3. The molecule has 0 saturated carbocycles. The molecule has 0 aliphatic carbocycles. The van der Waals surface area contributed by atoms with Crippen LogP contribution in [0.4, 0.5) is 5.69 Å². The third kappa shape index (κ3) is 2.08. The number of esters is 1. The molecule has 2 aliphatic rings. The Morgan fingerprint density at radius 2 is 2.21 bits per heavy atom. The maximum atomic E-state index is 13.6. The standard InChI is InChI=1S/C19H17N5O4/c1-3-27-14(25)8-12-15-17(23-22-12)28-16(21)11(9-20)19(15)10-6-4-5-7-13(10)24(2)18(19)26/h4-7H,3,8,21H2,1-2H3,(H,22,23)/t19-/m0/s1. The van der Waals surface area contributed by atoms with Gasteiger partial charge >= 0.3 is 5.97 Å². The van der Waals surface area contributed by atoms with Gasteiger partial charge in [0.2, 0.25) is 17.7 Å². The Balaban J connectivity index is 2.03. The van der Waals surface area contributed by atoms with E-state index >= 15 is 0 Å². The topological polar surface area (TPSA) is 134 Å². The van der Waals surface area contributed by atoms with Crippen molar-refractivity contribution in [2.75, 3.05) is 18.6 Å². The van der Waals surface area contributed by atoms with E-state index in [4.69, 9.17) is 15.2 Å². The van der Waals surface area contributed by atoms with Crippen LogP contribution in [0.3, 0.4) is 0 Å². The second kappa shape index (κ2) is 6.13. The number of anilines is 1. The first-order valence-corrected chi connectivity index (χ1v) is 8.65. The summed E-state index contributed by atoms with van der Waals surface area (Å²) in [5, 5.41) is 16.7. The number of nitrogens with zero attached hydrogens (tertiary/aromatic N) is 3. The Kier molecular flexibility index (Phi) is 3.85. The van der Waals surface area contributed by atoms with E-state index in [1.165, 1.54) is 4.90 Å². The van der Waals surface area contributed by atoms with Crippen molar-refractivity contribution in [2.45, 2.75) is 18.8 Å². The first kappa shape index (κ1) is 17.6. The van der Waals surface area contributed by atoms with Crippen LogP contribution in [0.1, 0.15) is 23.7 Å². The Labute approximate surface area is 160 Å². The summed E-state index contributed by atoms with van der Waals surface area (Å²) >= 11 is 0. The Hall–Kier alpha value is -3.80. The minimum Gasteiger partial charge on any atom is -0.466 e. The van der Waals surface area contributed by atoms with E-state index in [1.807, 2.05) is 6.07 Å². The highest BCUT2D eigenvalue weighted by molar-refractivity contribution is 6.14. The normalized spacial score (nSPS) is 19.9. The van der Waals surface area contributed by atoms with E-state index in [0.717, 1.165) is 0 Å². The van der Waals surface area contributed by atoms with Crippen molar-refractivity contribution < 1.29 is 19.1 Å². The number of nitrogens with one attached hydrogen (secondary N) is 1. The maximum absolute atomic E-state index is 13.6. The smallest absolute Gasteiger partial charge is 0.311 e. The molecule has 9 nitrogen and oxygen atoms in total. The molecular formula is C19H17N5O4. The highest BCUT2D eigenvalue weighted by Gasteiger charge is 2.60. The summed E-state index contributed by atoms with van der Waals surface area (Å²) in [7, 11) is 1.63. The first-order chi connectivity index (χ1) is 13.5. The number of benzene rings is 1. The predicted molar refractivity (Wildman–Crippen MR) is 97.0 cm³/mol. The predicted octanol–water partition coefficient (Wildman–Crippen LogP) is 0.864. The molecule has 0 saturated heterocycles. The fourth-order valence-electron chi connectivity index (χ4n) is 3.95. The van der Waals surface area contributed by atoms with Gasteiger partial charge in [0.25, 0.3) is 0 Å². The molecule has 2 aliphatic heterocycles. The summed E-state index contributed by atoms with van der Waals surface area (Å²) in [4.78, 5) is 27.1. The fraction of sp³-hybridized carbons (Fsp3) is 0.263. The van der Waals surface area contributed by atoms with Crippen molar-refractivity contribution in [3.05, 3.63) is 52.5 Å². The lowest BCUT2D eigenvalue weighted by Crippen LogP contribution is -2.45. The van der Waals surface area contributed by atoms with Crippen molar-refractivity contribution in [1.82, 2.24) is 10.2 Å². The molecule has 1 amide bonds. The number of aromatic amines is 1. The minimum absolute atomic E-state index is 0.0340. The molecule has 0 fully saturated rings. The molecule has 9 heteroatoms. The van der Waals surface area contributed by atoms with Crippen molar-refractivity contribution >= 4 is 17.6 Å². The van der Waals surface area contributed by atoms with Crippen molar-refractivity contribution in [1.29, 1.82) is 5.26 Å². The number of H-pyrrole nitrogens is 1. The number of hydrogen-bond donors (Lipinski definition) is 2. The molecule has 1 aromatic heterocycles. The lowest BCUT2D eigenvalue weighted by molar-refractivity contribution is -0.142. The quantitative estimate of drug-likeness (QED) is 0.755. The first-order valence-electron chi connectivity index (χ1n) is 8.65. The van der Waals surface area contributed by atoms with E-state index in [9.17, 15) is 14.9 Å². The fourth-order valence-corrected chi connectivity index (χ4v) is 3.95. The molecule has 0 unspecified atom stereocenters. The van der Waals surface area contributed by atoms with E-state index in [-0.39, 0.29) is 36.3 Å². The number of nitrogens with two attached hydrogens (primary N) is 1. The number of nitriles is 1. The monoisotopic (exact) mass is 379 g/mol. The molecule has 3 N–H and O–H groups in total. The highest BCUT2D eigenvalue weighted by atomic mass is 16.5. The van der Waals surface area contributed by atoms with Crippen LogP contribution < -0.4 is 15.4 Å². The van der Waals surface area contributed by atoms with Crippen LogP contribution in [-0.2, 0) is 26.2 Å². The number of fused-ring (bicyclic) bond motifs is 4. The molecule has 1 spiro atoms. The molecule has 4 rings (SSSR count). The average molecular weight is 379 g/mol. The van der Waals surface area contributed by atoms with Crippen LogP contribution in [0.2, 0.25) is 0 Å². The van der Waals surface area contributed by atoms with Gasteiger partial charge in [0.1, 0.15) is 17.1 Å². The lowest BCUT2D eigenvalue weighted by Gasteiger charge is -2.32. The third-order valence-corrected chi connectivity index (χ3v) is 5.04. The van der Waals surface area contributed by atoms with Gasteiger partial charge < -0.3 is 20.1 Å². The summed E-state index contributed by atoms with van der Waals surface area (Å²) in [5.74, 6) is -0.988. The molecular weight excluding hydrogens is 362 g/mol. The number of ether oxygens (including phenoxy) is 2. The number of likely N-dealkylation sites (N-methyl/N-ethyl adjacent to an activating group) is 1. The highest BCUT2D eigenvalue weighted by Crippen LogP contribution is 2.55. The average Bonchev–Trinajstić information content (AvgIpc) is 3.16. The molecule has 0 bridgehead atoms. The van der Waals surface area contributed by atoms with E-state index in [1.54, 1.807) is 38.2 Å². The van der Waals surface area contributed by atoms with E-state index in [0.29, 0.717) is 22.5 Å². The van der Waals surface area contributed by atoms with Gasteiger partial charge in [0.05, 0.1) is 24.3 Å². The number of carbonyl (C=O) groups is 2. The second-order valence-corrected chi connectivity index (χ2v) is 6.45. The van der Waals surface area contributed by atoms with Crippen LogP contribution >= 0.6 is 0 Å². The summed E-state index contributed by atoms with van der Waals surface area (Å²) < 4.78 is 10.5. The third-order valence-electron chi connectivity index (χ3n) is 5.04. The molecule has 142 valence electrons. The van der Waals surface area contributed by atoms with Crippen LogP contribution in [0, 0.1) is 11.3 Å². The van der Waals surface area contributed by atoms with Gasteiger partial charge in [-0.05, 0) is 13.0 Å². The van der Waals surface area contributed by atoms with Gasteiger partial charge in [0, 0.05) is 18.3 Å². The number of para-hydroxylation sites is 1. The summed E-state index contributed by atoms with van der Waals surface area (Å²) in [5.41, 5.74) is 6.31. The lowest BCUT2D eigenvalue weighted by atomic mass is 9.69. The Morgan fingerprint density at radius 3 is 2.93 bits per heavy atom. The van der Waals surface area contributed by atoms with Crippen LogP contribution in [0.15, 0.2) is 35.7 Å². The van der Waals surface area contributed by atoms with Crippen molar-refractivity contribution in [3.63, 3.8) is 0 Å². The van der Waals surface area contributed by atoms with Crippen molar-refractivity contribution in [2.24, 2.45) is 5.73 Å². The zero-order chi connectivity index (χ0) is 20.1. The molecule has 0 radical (unpaired) electrons. The number of carbonyl (C=O) groups excluding carboxylic acids is 2. The van der Waals surface area contributed by atoms with E-state index in [2.05, 4.69) is 10.2 Å². The van der Waals surface area contributed by atoms with Crippen LogP contribution in [0.25, 0.3) is 0 Å². The second-order valence-electron chi connectivity index (χ2n) is 6.45. The summed E-state index contributed by atoms with van der Waals surface area (Å²) in [6, 6.07) is 9.16. The largest absolute Gasteiger partial charge is 0.466 e. The summed E-state index contributed by atoms with van der Waals surface area (Å²) in [6.45, 7) is 1.92. The zero-order valence-corrected chi connectivity index (χ0v) is 15.3. The SMILES string of the molecule is CCOC(=O)Cc1[nH]nc2c1[C@@]1(C(=O)N(C)c3ccccc31)C(C#N)=C(N)O2. The number of aromatic nitrogens is 2. The van der Waals surface area contributed by atoms with Gasteiger partial charge in [-0.3, -0.25) is 14.7 Å². The summed E-state index contributed by atoms with van der Waals surface area (Å²) in [6.07, 6.45) is -0.154. The van der Waals surface area contributed by atoms with Gasteiger partial charge in [-0.2, -0.15) is 5.26 Å². The van der Waals surface area contributed by atoms with Crippen LogP contribution in [-0.4, -0.2) is 35.7 Å². The van der Waals surface area contributed by atoms with Gasteiger partial charge in [0.15, 0.2) is 0 Å². The maximum Gasteiger partial charge on any atom is 0.311 e. The Morgan fingerprint density at radius 1 is 1.46 bits per heavy atom. The Bertz CT molecular complexity index is 1080. The number of amides is 1. The molecule has 2 aromatic rings. The van der Waals surface area contributed by atoms with Gasteiger partial charge in [-0.25, -0.2) is 0 Å². The zero-order valence-electron chi connectivity index (χ0n) is 15.3. The van der Waals surface area contributed by atoms with E-state index < -0.39 is 11.4 Å². The molecule has 1 aromatic carbocycles.